The SMILES string of the molecule is CCc1sc(C(=O)NCCCOC(C)C)cc1C. The number of aryl methyl sites for hydroxylation is 2. The zero-order valence-corrected chi connectivity index (χ0v) is 12.5. The quantitative estimate of drug-likeness (QED) is 0.772. The first-order valence-corrected chi connectivity index (χ1v) is 7.35. The zero-order chi connectivity index (χ0) is 13.5. The van der Waals surface area contributed by atoms with Crippen LogP contribution in [0.25, 0.3) is 0 Å². The molecule has 0 aliphatic carbocycles. The molecule has 4 heteroatoms. The molecule has 0 radical (unpaired) electrons. The van der Waals surface area contributed by atoms with E-state index in [0.717, 1.165) is 17.7 Å². The van der Waals surface area contributed by atoms with Gasteiger partial charge < -0.3 is 10.1 Å². The maximum Gasteiger partial charge on any atom is 0.261 e. The van der Waals surface area contributed by atoms with Crippen LogP contribution in [0.2, 0.25) is 0 Å². The fraction of sp³-hybridized carbons (Fsp3) is 0.643. The van der Waals surface area contributed by atoms with Crippen molar-refractivity contribution in [3.63, 3.8) is 0 Å². The van der Waals surface area contributed by atoms with E-state index in [0.29, 0.717) is 13.2 Å². The summed E-state index contributed by atoms with van der Waals surface area (Å²) in [7, 11) is 0. The molecule has 1 N–H and O–H groups in total. The predicted molar refractivity (Wildman–Crippen MR) is 76.5 cm³/mol. The minimum absolute atomic E-state index is 0.0346. The molecule has 1 rings (SSSR count). The van der Waals surface area contributed by atoms with Crippen molar-refractivity contribution in [2.75, 3.05) is 13.2 Å². The number of nitrogens with one attached hydrogen (secondary N) is 1. The smallest absolute Gasteiger partial charge is 0.261 e. The third-order valence-corrected chi connectivity index (χ3v) is 4.00. The van der Waals surface area contributed by atoms with Crippen LogP contribution in [-0.2, 0) is 11.2 Å². The topological polar surface area (TPSA) is 38.3 Å². The number of rotatable bonds is 7. The number of hydrogen-bond acceptors (Lipinski definition) is 3. The molecular weight excluding hydrogens is 246 g/mol. The fourth-order valence-corrected chi connectivity index (χ4v) is 2.69. The van der Waals surface area contributed by atoms with Crippen molar-refractivity contribution in [1.82, 2.24) is 5.32 Å². The lowest BCUT2D eigenvalue weighted by molar-refractivity contribution is 0.0757. The van der Waals surface area contributed by atoms with Crippen LogP contribution in [0.3, 0.4) is 0 Å². The van der Waals surface area contributed by atoms with Gasteiger partial charge in [-0.1, -0.05) is 6.92 Å². The number of carbonyl (C=O) groups is 1. The van der Waals surface area contributed by atoms with Gasteiger partial charge in [-0.3, -0.25) is 4.79 Å². The Hall–Kier alpha value is -0.870. The second-order valence-electron chi connectivity index (χ2n) is 4.60. The van der Waals surface area contributed by atoms with Crippen LogP contribution in [-0.4, -0.2) is 25.2 Å². The van der Waals surface area contributed by atoms with Gasteiger partial charge in [-0.25, -0.2) is 0 Å². The standard InChI is InChI=1S/C14H23NO2S/c1-5-12-11(4)9-13(18-12)14(16)15-7-6-8-17-10(2)3/h9-10H,5-8H2,1-4H3,(H,15,16). The van der Waals surface area contributed by atoms with Crippen molar-refractivity contribution in [3.05, 3.63) is 21.4 Å². The van der Waals surface area contributed by atoms with Crippen LogP contribution in [0.1, 0.15) is 47.3 Å². The molecular formula is C14H23NO2S. The minimum Gasteiger partial charge on any atom is -0.379 e. The van der Waals surface area contributed by atoms with E-state index in [9.17, 15) is 4.79 Å². The van der Waals surface area contributed by atoms with Gasteiger partial charge >= 0.3 is 0 Å². The van der Waals surface area contributed by atoms with E-state index >= 15 is 0 Å². The van der Waals surface area contributed by atoms with Gasteiger partial charge in [-0.15, -0.1) is 11.3 Å². The molecule has 0 spiro atoms. The third kappa shape index (κ3) is 4.78. The molecule has 0 unspecified atom stereocenters. The van der Waals surface area contributed by atoms with Gasteiger partial charge in [0.2, 0.25) is 0 Å². The monoisotopic (exact) mass is 269 g/mol. The Morgan fingerprint density at radius 1 is 1.50 bits per heavy atom. The number of amides is 1. The third-order valence-electron chi connectivity index (χ3n) is 2.62. The molecule has 0 aliphatic rings. The van der Waals surface area contributed by atoms with E-state index in [2.05, 4.69) is 19.2 Å². The highest BCUT2D eigenvalue weighted by atomic mass is 32.1. The average Bonchev–Trinajstić information content (AvgIpc) is 2.69. The summed E-state index contributed by atoms with van der Waals surface area (Å²) >= 11 is 1.59. The van der Waals surface area contributed by atoms with Gasteiger partial charge in [0.25, 0.3) is 5.91 Å². The molecule has 1 aromatic rings. The summed E-state index contributed by atoms with van der Waals surface area (Å²) in [6.45, 7) is 9.57. The number of carbonyl (C=O) groups excluding carboxylic acids is 1. The van der Waals surface area contributed by atoms with Gasteiger partial charge in [0.15, 0.2) is 0 Å². The Morgan fingerprint density at radius 2 is 2.22 bits per heavy atom. The van der Waals surface area contributed by atoms with Crippen LogP contribution in [0, 0.1) is 6.92 Å². The normalized spacial score (nSPS) is 10.9. The van der Waals surface area contributed by atoms with E-state index in [-0.39, 0.29) is 12.0 Å². The Bertz CT molecular complexity index is 385. The summed E-state index contributed by atoms with van der Waals surface area (Å²) < 4.78 is 5.42. The van der Waals surface area contributed by atoms with E-state index in [1.807, 2.05) is 19.9 Å². The van der Waals surface area contributed by atoms with E-state index in [1.54, 1.807) is 11.3 Å². The van der Waals surface area contributed by atoms with Crippen molar-refractivity contribution in [2.45, 2.75) is 46.6 Å². The lowest BCUT2D eigenvalue weighted by Gasteiger charge is -2.07. The van der Waals surface area contributed by atoms with Crippen molar-refractivity contribution in [1.29, 1.82) is 0 Å². The van der Waals surface area contributed by atoms with Crippen LogP contribution >= 0.6 is 11.3 Å². The van der Waals surface area contributed by atoms with Crippen molar-refractivity contribution in [3.8, 4) is 0 Å². The highest BCUT2D eigenvalue weighted by Gasteiger charge is 2.10. The first kappa shape index (κ1) is 15.2. The lowest BCUT2D eigenvalue weighted by Crippen LogP contribution is -2.24. The molecule has 0 saturated heterocycles. The summed E-state index contributed by atoms with van der Waals surface area (Å²) in [5.74, 6) is 0.0346. The summed E-state index contributed by atoms with van der Waals surface area (Å²) in [5.41, 5.74) is 1.22. The Labute approximate surface area is 114 Å². The van der Waals surface area contributed by atoms with E-state index in [1.165, 1.54) is 10.4 Å². The lowest BCUT2D eigenvalue weighted by atomic mass is 10.2. The van der Waals surface area contributed by atoms with Gasteiger partial charge in [0, 0.05) is 18.0 Å². The first-order chi connectivity index (χ1) is 8.54. The molecule has 1 heterocycles. The van der Waals surface area contributed by atoms with Gasteiger partial charge in [-0.2, -0.15) is 0 Å². The van der Waals surface area contributed by atoms with Crippen LogP contribution in [0.5, 0.6) is 0 Å². The number of thiophene rings is 1. The predicted octanol–water partition coefficient (Wildman–Crippen LogP) is 3.16. The molecule has 3 nitrogen and oxygen atoms in total. The highest BCUT2D eigenvalue weighted by molar-refractivity contribution is 7.14. The molecule has 1 aromatic heterocycles. The van der Waals surface area contributed by atoms with Gasteiger partial charge in [-0.05, 0) is 45.2 Å². The molecule has 0 aromatic carbocycles. The summed E-state index contributed by atoms with van der Waals surface area (Å²) in [5, 5.41) is 2.93. The fourth-order valence-electron chi connectivity index (χ4n) is 1.66. The zero-order valence-electron chi connectivity index (χ0n) is 11.7. The second kappa shape index (κ2) is 7.54. The second-order valence-corrected chi connectivity index (χ2v) is 5.74. The molecule has 0 aliphatic heterocycles. The van der Waals surface area contributed by atoms with Crippen molar-refractivity contribution < 1.29 is 9.53 Å². The van der Waals surface area contributed by atoms with Crippen molar-refractivity contribution >= 4 is 17.2 Å². The average molecular weight is 269 g/mol. The largest absolute Gasteiger partial charge is 0.379 e. The summed E-state index contributed by atoms with van der Waals surface area (Å²) in [6, 6.07) is 1.98. The summed E-state index contributed by atoms with van der Waals surface area (Å²) in [4.78, 5) is 14.0. The maximum atomic E-state index is 11.9. The van der Waals surface area contributed by atoms with Crippen LogP contribution in [0.15, 0.2) is 6.07 Å². The van der Waals surface area contributed by atoms with E-state index < -0.39 is 0 Å². The van der Waals surface area contributed by atoms with Crippen LogP contribution in [0.4, 0.5) is 0 Å². The molecule has 0 fully saturated rings. The van der Waals surface area contributed by atoms with Gasteiger partial charge in [0.1, 0.15) is 0 Å². The maximum absolute atomic E-state index is 11.9. The number of hydrogen-bond donors (Lipinski definition) is 1. The molecule has 0 atom stereocenters. The molecule has 0 saturated carbocycles. The minimum atomic E-state index is 0.0346. The Kier molecular flexibility index (Phi) is 6.36. The number of ether oxygens (including phenoxy) is 1. The van der Waals surface area contributed by atoms with Gasteiger partial charge in [0.05, 0.1) is 11.0 Å². The van der Waals surface area contributed by atoms with Crippen molar-refractivity contribution in [2.24, 2.45) is 0 Å². The molecule has 102 valence electrons. The Balaban J connectivity index is 2.32. The molecule has 1 amide bonds. The summed E-state index contributed by atoms with van der Waals surface area (Å²) in [6.07, 6.45) is 2.11. The Morgan fingerprint density at radius 3 is 2.78 bits per heavy atom. The molecule has 18 heavy (non-hydrogen) atoms. The highest BCUT2D eigenvalue weighted by Crippen LogP contribution is 2.22. The molecule has 0 bridgehead atoms. The van der Waals surface area contributed by atoms with Crippen LogP contribution < -0.4 is 5.32 Å². The van der Waals surface area contributed by atoms with E-state index in [4.69, 9.17) is 4.74 Å². The first-order valence-electron chi connectivity index (χ1n) is 6.53.